The zero-order valence-corrected chi connectivity index (χ0v) is 13.5. The zero-order valence-electron chi connectivity index (χ0n) is 12.7. The van der Waals surface area contributed by atoms with Gasteiger partial charge in [0.25, 0.3) is 0 Å². The summed E-state index contributed by atoms with van der Waals surface area (Å²) in [5.74, 6) is 1.68. The van der Waals surface area contributed by atoms with Crippen molar-refractivity contribution < 1.29 is 0 Å². The van der Waals surface area contributed by atoms with E-state index in [9.17, 15) is 0 Å². The first kappa shape index (κ1) is 15.5. The van der Waals surface area contributed by atoms with Crippen LogP contribution in [-0.4, -0.2) is 40.5 Å². The van der Waals surface area contributed by atoms with Crippen molar-refractivity contribution >= 4 is 17.4 Å². The summed E-state index contributed by atoms with van der Waals surface area (Å²) in [4.78, 5) is 11.4. The Hall–Kier alpha value is -0.870. The third-order valence-corrected chi connectivity index (χ3v) is 4.18. The highest BCUT2D eigenvalue weighted by molar-refractivity contribution is 6.30. The molecule has 0 aromatic carbocycles. The van der Waals surface area contributed by atoms with Crippen LogP contribution in [0.15, 0.2) is 0 Å². The normalized spacial score (nSPS) is 18.0. The number of hydrogen-bond donors (Lipinski definition) is 1. The maximum absolute atomic E-state index is 6.17. The van der Waals surface area contributed by atoms with Gasteiger partial charge in [-0.05, 0) is 39.8 Å². The second-order valence-corrected chi connectivity index (χ2v) is 6.02. The summed E-state index contributed by atoms with van der Waals surface area (Å²) < 4.78 is 0. The van der Waals surface area contributed by atoms with Gasteiger partial charge in [-0.3, -0.25) is 0 Å². The van der Waals surface area contributed by atoms with Gasteiger partial charge in [0.05, 0.1) is 0 Å². The number of aromatic nitrogens is 2. The molecule has 0 spiro atoms. The molecule has 0 bridgehead atoms. The van der Waals surface area contributed by atoms with Gasteiger partial charge in [-0.1, -0.05) is 24.9 Å². The van der Waals surface area contributed by atoms with Gasteiger partial charge in [0, 0.05) is 24.6 Å². The number of anilines is 1. The number of nitrogens with zero attached hydrogens (tertiary/aromatic N) is 3. The van der Waals surface area contributed by atoms with Crippen molar-refractivity contribution in [2.75, 3.05) is 25.0 Å². The summed E-state index contributed by atoms with van der Waals surface area (Å²) in [7, 11) is 0. The lowest BCUT2D eigenvalue weighted by molar-refractivity contribution is 0.223. The van der Waals surface area contributed by atoms with Crippen molar-refractivity contribution in [3.63, 3.8) is 0 Å². The highest BCUT2D eigenvalue weighted by Crippen LogP contribution is 2.21. The molecule has 1 aliphatic heterocycles. The molecule has 2 rings (SSSR count). The van der Waals surface area contributed by atoms with E-state index in [0.717, 1.165) is 30.2 Å². The van der Waals surface area contributed by atoms with Gasteiger partial charge in [0.15, 0.2) is 0 Å². The van der Waals surface area contributed by atoms with E-state index in [2.05, 4.69) is 27.1 Å². The first-order chi connectivity index (χ1) is 9.60. The lowest BCUT2D eigenvalue weighted by atomic mass is 10.1. The van der Waals surface area contributed by atoms with Crippen molar-refractivity contribution in [3.05, 3.63) is 16.5 Å². The number of aryl methyl sites for hydroxylation is 1. The maximum Gasteiger partial charge on any atom is 0.137 e. The van der Waals surface area contributed by atoms with E-state index in [-0.39, 0.29) is 0 Å². The first-order valence-electron chi connectivity index (χ1n) is 7.62. The van der Waals surface area contributed by atoms with Crippen LogP contribution in [0.4, 0.5) is 5.82 Å². The Morgan fingerprint density at radius 3 is 2.60 bits per heavy atom. The van der Waals surface area contributed by atoms with Gasteiger partial charge in [-0.15, -0.1) is 0 Å². The van der Waals surface area contributed by atoms with E-state index in [0.29, 0.717) is 11.2 Å². The SMILES string of the molecule is CCc1nc(Cl)c(C)c(NC(C)CN2CCCCC2)n1. The van der Waals surface area contributed by atoms with Gasteiger partial charge in [-0.2, -0.15) is 0 Å². The zero-order chi connectivity index (χ0) is 14.5. The van der Waals surface area contributed by atoms with E-state index in [1.54, 1.807) is 0 Å². The largest absolute Gasteiger partial charge is 0.366 e. The minimum Gasteiger partial charge on any atom is -0.366 e. The third-order valence-electron chi connectivity index (χ3n) is 3.81. The van der Waals surface area contributed by atoms with Crippen molar-refractivity contribution in [1.29, 1.82) is 0 Å². The fraction of sp³-hybridized carbons (Fsp3) is 0.733. The number of likely N-dealkylation sites (tertiary alicyclic amines) is 1. The predicted molar refractivity (Wildman–Crippen MR) is 84.5 cm³/mol. The summed E-state index contributed by atoms with van der Waals surface area (Å²) in [6, 6.07) is 0.363. The lowest BCUT2D eigenvalue weighted by Gasteiger charge is -2.29. The smallest absolute Gasteiger partial charge is 0.137 e. The predicted octanol–water partition coefficient (Wildman–Crippen LogP) is 3.29. The average Bonchev–Trinajstić information content (AvgIpc) is 2.44. The minimum absolute atomic E-state index is 0.363. The molecule has 2 heterocycles. The molecule has 1 fully saturated rings. The number of rotatable bonds is 5. The molecule has 0 saturated carbocycles. The van der Waals surface area contributed by atoms with E-state index < -0.39 is 0 Å². The highest BCUT2D eigenvalue weighted by Gasteiger charge is 2.15. The maximum atomic E-state index is 6.17. The Labute approximate surface area is 126 Å². The van der Waals surface area contributed by atoms with Gasteiger partial charge in [0.1, 0.15) is 16.8 Å². The molecule has 20 heavy (non-hydrogen) atoms. The van der Waals surface area contributed by atoms with Crippen LogP contribution in [-0.2, 0) is 6.42 Å². The second kappa shape index (κ2) is 7.23. The van der Waals surface area contributed by atoms with Crippen molar-refractivity contribution in [1.82, 2.24) is 14.9 Å². The Morgan fingerprint density at radius 1 is 1.25 bits per heavy atom. The van der Waals surface area contributed by atoms with Crippen LogP contribution >= 0.6 is 11.6 Å². The Kier molecular flexibility index (Phi) is 5.61. The molecule has 0 radical (unpaired) electrons. The molecule has 1 atom stereocenters. The monoisotopic (exact) mass is 296 g/mol. The quantitative estimate of drug-likeness (QED) is 0.847. The molecule has 0 amide bonds. The van der Waals surface area contributed by atoms with E-state index in [4.69, 9.17) is 11.6 Å². The van der Waals surface area contributed by atoms with Crippen LogP contribution in [0, 0.1) is 6.92 Å². The number of hydrogen-bond acceptors (Lipinski definition) is 4. The standard InChI is InChI=1S/C15H25ClN4/c1-4-13-18-14(16)12(3)15(19-13)17-11(2)10-20-8-6-5-7-9-20/h11H,4-10H2,1-3H3,(H,17,18,19). The van der Waals surface area contributed by atoms with E-state index in [1.165, 1.54) is 32.4 Å². The van der Waals surface area contributed by atoms with Gasteiger partial charge in [0.2, 0.25) is 0 Å². The minimum atomic E-state index is 0.363. The van der Waals surface area contributed by atoms with Gasteiger partial charge in [-0.25, -0.2) is 9.97 Å². The van der Waals surface area contributed by atoms with Crippen LogP contribution in [0.3, 0.4) is 0 Å². The van der Waals surface area contributed by atoms with Crippen LogP contribution in [0.2, 0.25) is 5.15 Å². The molecule has 1 aromatic rings. The van der Waals surface area contributed by atoms with Crippen LogP contribution in [0.1, 0.15) is 44.5 Å². The average molecular weight is 297 g/mol. The molecule has 1 saturated heterocycles. The highest BCUT2D eigenvalue weighted by atomic mass is 35.5. The van der Waals surface area contributed by atoms with Gasteiger partial charge < -0.3 is 10.2 Å². The molecule has 5 heteroatoms. The first-order valence-corrected chi connectivity index (χ1v) is 7.99. The van der Waals surface area contributed by atoms with Crippen molar-refractivity contribution in [2.45, 2.75) is 52.5 Å². The number of halogens is 1. The third kappa shape index (κ3) is 4.06. The summed E-state index contributed by atoms with van der Waals surface area (Å²) in [5.41, 5.74) is 0.939. The Morgan fingerprint density at radius 2 is 1.95 bits per heavy atom. The molecule has 4 nitrogen and oxygen atoms in total. The molecule has 1 N–H and O–H groups in total. The van der Waals surface area contributed by atoms with E-state index >= 15 is 0 Å². The Bertz CT molecular complexity index is 444. The van der Waals surface area contributed by atoms with Crippen molar-refractivity contribution in [3.8, 4) is 0 Å². The second-order valence-electron chi connectivity index (χ2n) is 5.66. The number of piperidine rings is 1. The summed E-state index contributed by atoms with van der Waals surface area (Å²) >= 11 is 6.17. The summed E-state index contributed by atoms with van der Waals surface area (Å²) in [5, 5.41) is 4.06. The van der Waals surface area contributed by atoms with Crippen LogP contribution < -0.4 is 5.32 Å². The molecule has 0 aliphatic carbocycles. The Balaban J connectivity index is 1.99. The lowest BCUT2D eigenvalue weighted by Crippen LogP contribution is -2.38. The number of nitrogens with one attached hydrogen (secondary N) is 1. The van der Waals surface area contributed by atoms with E-state index in [1.807, 2.05) is 13.8 Å². The van der Waals surface area contributed by atoms with Crippen molar-refractivity contribution in [2.24, 2.45) is 0 Å². The summed E-state index contributed by atoms with van der Waals surface area (Å²) in [6.45, 7) is 9.71. The fourth-order valence-corrected chi connectivity index (χ4v) is 2.83. The van der Waals surface area contributed by atoms with Crippen LogP contribution in [0.5, 0.6) is 0 Å². The molecule has 1 aliphatic rings. The van der Waals surface area contributed by atoms with Crippen LogP contribution in [0.25, 0.3) is 0 Å². The topological polar surface area (TPSA) is 41.1 Å². The molecule has 1 unspecified atom stereocenters. The molecule has 112 valence electrons. The summed E-state index contributed by atoms with van der Waals surface area (Å²) in [6.07, 6.45) is 4.82. The molecular weight excluding hydrogens is 272 g/mol. The fourth-order valence-electron chi connectivity index (χ4n) is 2.64. The van der Waals surface area contributed by atoms with Gasteiger partial charge >= 0.3 is 0 Å². The molecule has 1 aromatic heterocycles. The molecular formula is C15H25ClN4.